The molecule has 0 atom stereocenters. The normalized spacial score (nSPS) is 10.4. The Kier molecular flexibility index (Phi) is 2.91. The number of nitrogens with two attached hydrogens (primary N) is 1. The van der Waals surface area contributed by atoms with Crippen LogP contribution in [0.15, 0.2) is 42.5 Å². The first-order valence-electron chi connectivity index (χ1n) is 5.35. The first-order valence-corrected chi connectivity index (χ1v) is 5.35. The number of para-hydroxylation sites is 1. The number of hydrogen-bond acceptors (Lipinski definition) is 1. The maximum absolute atomic E-state index is 13.3. The first-order chi connectivity index (χ1) is 7.72. The van der Waals surface area contributed by atoms with E-state index in [1.807, 2.05) is 24.3 Å². The molecule has 0 bridgehead atoms. The van der Waals surface area contributed by atoms with Gasteiger partial charge in [-0.25, -0.2) is 4.39 Å². The zero-order chi connectivity index (χ0) is 11.5. The number of rotatable bonds is 2. The molecule has 0 aromatic heterocycles. The van der Waals surface area contributed by atoms with Gasteiger partial charge >= 0.3 is 0 Å². The topological polar surface area (TPSA) is 26.0 Å². The van der Waals surface area contributed by atoms with Crippen LogP contribution in [0.3, 0.4) is 0 Å². The van der Waals surface area contributed by atoms with Gasteiger partial charge in [-0.05, 0) is 23.6 Å². The van der Waals surface area contributed by atoms with Crippen molar-refractivity contribution >= 4 is 5.69 Å². The average Bonchev–Trinajstić information content (AvgIpc) is 2.33. The molecule has 2 N–H and O–H groups in total. The zero-order valence-corrected chi connectivity index (χ0v) is 9.20. The minimum absolute atomic E-state index is 0.218. The molecule has 0 spiro atoms. The molecule has 82 valence electrons. The average molecular weight is 215 g/mol. The fourth-order valence-corrected chi connectivity index (χ4v) is 1.75. The third-order valence-corrected chi connectivity index (χ3v) is 2.70. The van der Waals surface area contributed by atoms with Crippen molar-refractivity contribution in [2.24, 2.45) is 0 Å². The molecule has 0 radical (unpaired) electrons. The van der Waals surface area contributed by atoms with Crippen LogP contribution >= 0.6 is 0 Å². The highest BCUT2D eigenvalue weighted by Crippen LogP contribution is 2.28. The highest BCUT2D eigenvalue weighted by atomic mass is 19.1. The maximum Gasteiger partial charge on any atom is 0.146 e. The molecule has 2 rings (SSSR count). The molecule has 2 heteroatoms. The van der Waals surface area contributed by atoms with E-state index in [2.05, 4.69) is 13.0 Å². The van der Waals surface area contributed by atoms with E-state index in [9.17, 15) is 4.39 Å². The molecular formula is C14H14FN. The molecule has 2 aromatic rings. The van der Waals surface area contributed by atoms with Crippen molar-refractivity contribution in [1.29, 1.82) is 0 Å². The van der Waals surface area contributed by atoms with Crippen LogP contribution in [0.4, 0.5) is 10.1 Å². The Morgan fingerprint density at radius 2 is 1.88 bits per heavy atom. The van der Waals surface area contributed by atoms with Crippen molar-refractivity contribution in [3.63, 3.8) is 0 Å². The maximum atomic E-state index is 13.3. The molecule has 0 amide bonds. The lowest BCUT2D eigenvalue weighted by atomic mass is 10.0. The fourth-order valence-electron chi connectivity index (χ4n) is 1.75. The van der Waals surface area contributed by atoms with E-state index >= 15 is 0 Å². The van der Waals surface area contributed by atoms with E-state index in [1.54, 1.807) is 6.07 Å². The van der Waals surface area contributed by atoms with Gasteiger partial charge in [0.1, 0.15) is 5.82 Å². The van der Waals surface area contributed by atoms with Crippen molar-refractivity contribution in [1.82, 2.24) is 0 Å². The lowest BCUT2D eigenvalue weighted by molar-refractivity contribution is 0.633. The second-order valence-corrected chi connectivity index (χ2v) is 3.76. The van der Waals surface area contributed by atoms with Crippen molar-refractivity contribution in [3.05, 3.63) is 53.8 Å². The molecular weight excluding hydrogens is 201 g/mol. The molecule has 16 heavy (non-hydrogen) atoms. The first kappa shape index (κ1) is 10.7. The molecule has 0 aliphatic carbocycles. The third kappa shape index (κ3) is 1.91. The molecule has 1 nitrogen and oxygen atoms in total. The number of halogens is 1. The van der Waals surface area contributed by atoms with Gasteiger partial charge in [-0.1, -0.05) is 43.3 Å². The van der Waals surface area contributed by atoms with Crippen LogP contribution < -0.4 is 5.73 Å². The minimum Gasteiger partial charge on any atom is -0.396 e. The second-order valence-electron chi connectivity index (χ2n) is 3.76. The van der Waals surface area contributed by atoms with Crippen LogP contribution in [0, 0.1) is 5.82 Å². The van der Waals surface area contributed by atoms with Gasteiger partial charge in [-0.2, -0.15) is 0 Å². The quantitative estimate of drug-likeness (QED) is 0.760. The molecule has 0 fully saturated rings. The summed E-state index contributed by atoms with van der Waals surface area (Å²) in [6, 6.07) is 12.9. The summed E-state index contributed by atoms with van der Waals surface area (Å²) in [6.07, 6.45) is 0.961. The van der Waals surface area contributed by atoms with Crippen LogP contribution in [-0.4, -0.2) is 0 Å². The predicted octanol–water partition coefficient (Wildman–Crippen LogP) is 3.64. The predicted molar refractivity (Wildman–Crippen MR) is 65.6 cm³/mol. The van der Waals surface area contributed by atoms with Crippen LogP contribution in [0.2, 0.25) is 0 Å². The van der Waals surface area contributed by atoms with Gasteiger partial charge in [-0.3, -0.25) is 0 Å². The summed E-state index contributed by atoms with van der Waals surface area (Å²) in [7, 11) is 0. The molecule has 0 unspecified atom stereocenters. The summed E-state index contributed by atoms with van der Waals surface area (Å²) in [5, 5.41) is 0. The Hall–Kier alpha value is -1.83. The summed E-state index contributed by atoms with van der Waals surface area (Å²) in [4.78, 5) is 0. The van der Waals surface area contributed by atoms with E-state index in [0.717, 1.165) is 17.5 Å². The third-order valence-electron chi connectivity index (χ3n) is 2.70. The second kappa shape index (κ2) is 4.35. The van der Waals surface area contributed by atoms with Crippen molar-refractivity contribution in [2.75, 3.05) is 5.73 Å². The summed E-state index contributed by atoms with van der Waals surface area (Å²) < 4.78 is 13.3. The number of benzene rings is 2. The Bertz CT molecular complexity index is 506. The number of nitrogen functional groups attached to an aromatic ring is 1. The van der Waals surface area contributed by atoms with E-state index in [1.165, 1.54) is 11.6 Å². The van der Waals surface area contributed by atoms with Crippen molar-refractivity contribution < 1.29 is 4.39 Å². The molecule has 2 aromatic carbocycles. The van der Waals surface area contributed by atoms with Crippen molar-refractivity contribution in [3.8, 4) is 11.1 Å². The van der Waals surface area contributed by atoms with E-state index < -0.39 is 0 Å². The number of anilines is 1. The van der Waals surface area contributed by atoms with E-state index in [4.69, 9.17) is 5.73 Å². The van der Waals surface area contributed by atoms with Gasteiger partial charge in [0, 0.05) is 5.56 Å². The number of hydrogen-bond donors (Lipinski definition) is 1. The molecule has 0 aliphatic rings. The smallest absolute Gasteiger partial charge is 0.146 e. The highest BCUT2D eigenvalue weighted by molar-refractivity contribution is 5.76. The monoisotopic (exact) mass is 215 g/mol. The molecule has 0 aliphatic heterocycles. The Morgan fingerprint density at radius 1 is 1.12 bits per heavy atom. The van der Waals surface area contributed by atoms with Gasteiger partial charge in [0.15, 0.2) is 0 Å². The Balaban J connectivity index is 2.54. The highest BCUT2D eigenvalue weighted by Gasteiger charge is 2.06. The summed E-state index contributed by atoms with van der Waals surface area (Å²) in [5.41, 5.74) is 8.90. The van der Waals surface area contributed by atoms with Crippen LogP contribution in [0.5, 0.6) is 0 Å². The number of aryl methyl sites for hydroxylation is 1. The van der Waals surface area contributed by atoms with E-state index in [-0.39, 0.29) is 11.5 Å². The van der Waals surface area contributed by atoms with Gasteiger partial charge in [0.05, 0.1) is 5.69 Å². The van der Waals surface area contributed by atoms with Gasteiger partial charge < -0.3 is 5.73 Å². The lowest BCUT2D eigenvalue weighted by Gasteiger charge is -2.07. The van der Waals surface area contributed by atoms with Crippen LogP contribution in [-0.2, 0) is 6.42 Å². The minimum atomic E-state index is -0.362. The lowest BCUT2D eigenvalue weighted by Crippen LogP contribution is -1.94. The van der Waals surface area contributed by atoms with Gasteiger partial charge in [0.25, 0.3) is 0 Å². The molecule has 0 saturated carbocycles. The Morgan fingerprint density at radius 3 is 2.62 bits per heavy atom. The summed E-state index contributed by atoms with van der Waals surface area (Å²) in [6.45, 7) is 2.09. The van der Waals surface area contributed by atoms with Crippen LogP contribution in [0.1, 0.15) is 12.5 Å². The molecule has 0 heterocycles. The van der Waals surface area contributed by atoms with Gasteiger partial charge in [0.2, 0.25) is 0 Å². The Labute approximate surface area is 94.7 Å². The SMILES string of the molecule is CCc1cccc(-c2cccc(F)c2N)c1. The zero-order valence-electron chi connectivity index (χ0n) is 9.20. The summed E-state index contributed by atoms with van der Waals surface area (Å²) >= 11 is 0. The van der Waals surface area contributed by atoms with E-state index in [0.29, 0.717) is 0 Å². The van der Waals surface area contributed by atoms with Crippen molar-refractivity contribution in [2.45, 2.75) is 13.3 Å². The largest absolute Gasteiger partial charge is 0.396 e. The standard InChI is InChI=1S/C14H14FN/c1-2-10-5-3-6-11(9-10)12-7-4-8-13(15)14(12)16/h3-9H,2,16H2,1H3. The van der Waals surface area contributed by atoms with Crippen LogP contribution in [0.25, 0.3) is 11.1 Å². The fraction of sp³-hybridized carbons (Fsp3) is 0.143. The molecule has 0 saturated heterocycles. The van der Waals surface area contributed by atoms with Gasteiger partial charge in [-0.15, -0.1) is 0 Å². The summed E-state index contributed by atoms with van der Waals surface area (Å²) in [5.74, 6) is -0.362.